The fourth-order valence-electron chi connectivity index (χ4n) is 3.42. The lowest BCUT2D eigenvalue weighted by Crippen LogP contribution is -2.47. The minimum atomic E-state index is -3.08. The van der Waals surface area contributed by atoms with Crippen molar-refractivity contribution < 1.29 is 22.7 Å². The monoisotopic (exact) mass is 401 g/mol. The van der Waals surface area contributed by atoms with E-state index in [2.05, 4.69) is 0 Å². The Bertz CT molecular complexity index is 761. The summed E-state index contributed by atoms with van der Waals surface area (Å²) in [5.74, 6) is 0.502. The van der Waals surface area contributed by atoms with Gasteiger partial charge in [0.05, 0.1) is 17.6 Å². The number of aryl methyl sites for hydroxylation is 1. The average molecular weight is 402 g/mol. The molecule has 8 heteroatoms. The van der Waals surface area contributed by atoms with Gasteiger partial charge in [-0.1, -0.05) is 11.6 Å². The highest BCUT2D eigenvalue weighted by Crippen LogP contribution is 2.23. The highest BCUT2D eigenvalue weighted by molar-refractivity contribution is 7.91. The number of nitrogens with zero attached hydrogens (tertiary/aromatic N) is 1. The molecule has 2 atom stereocenters. The molecule has 6 nitrogen and oxygen atoms in total. The zero-order chi connectivity index (χ0) is 18.7. The van der Waals surface area contributed by atoms with Crippen molar-refractivity contribution in [2.45, 2.75) is 38.3 Å². The number of carbonyl (C=O) groups is 1. The summed E-state index contributed by atoms with van der Waals surface area (Å²) in [4.78, 5) is 14.4. The van der Waals surface area contributed by atoms with Crippen molar-refractivity contribution in [1.82, 2.24) is 4.90 Å². The van der Waals surface area contributed by atoms with Crippen molar-refractivity contribution in [3.05, 3.63) is 28.8 Å². The molecule has 0 aromatic heterocycles. The average Bonchev–Trinajstić information content (AvgIpc) is 3.22. The van der Waals surface area contributed by atoms with Gasteiger partial charge in [0, 0.05) is 24.2 Å². The molecule has 0 radical (unpaired) electrons. The summed E-state index contributed by atoms with van der Waals surface area (Å²) < 4.78 is 34.9. The highest BCUT2D eigenvalue weighted by Gasteiger charge is 2.36. The molecule has 2 heterocycles. The Morgan fingerprint density at radius 2 is 2.19 bits per heavy atom. The molecular weight excluding hydrogens is 378 g/mol. The van der Waals surface area contributed by atoms with Gasteiger partial charge in [-0.15, -0.1) is 0 Å². The smallest absolute Gasteiger partial charge is 0.260 e. The SMILES string of the molecule is Cc1cc(OCC(=O)N(CC2CCCO2)C2CCS(=O)(=O)C2)ccc1Cl. The number of rotatable bonds is 6. The van der Waals surface area contributed by atoms with Gasteiger partial charge in [0.1, 0.15) is 5.75 Å². The van der Waals surface area contributed by atoms with Crippen LogP contribution in [0.25, 0.3) is 0 Å². The van der Waals surface area contributed by atoms with Crippen LogP contribution in [0.4, 0.5) is 0 Å². The molecule has 0 N–H and O–H groups in total. The third-order valence-electron chi connectivity index (χ3n) is 4.89. The molecule has 2 saturated heterocycles. The molecule has 2 fully saturated rings. The molecule has 0 aliphatic carbocycles. The van der Waals surface area contributed by atoms with Gasteiger partial charge >= 0.3 is 0 Å². The van der Waals surface area contributed by atoms with Gasteiger partial charge in [-0.2, -0.15) is 0 Å². The second kappa shape index (κ2) is 8.15. The number of halogens is 1. The summed E-state index contributed by atoms with van der Waals surface area (Å²) >= 11 is 6.00. The van der Waals surface area contributed by atoms with E-state index in [1.807, 2.05) is 6.92 Å². The molecule has 1 amide bonds. The van der Waals surface area contributed by atoms with E-state index in [0.29, 0.717) is 30.3 Å². The number of sulfone groups is 1. The number of hydrogen-bond acceptors (Lipinski definition) is 5. The van der Waals surface area contributed by atoms with Crippen LogP contribution < -0.4 is 4.74 Å². The van der Waals surface area contributed by atoms with Gasteiger partial charge in [-0.25, -0.2) is 8.42 Å². The number of benzene rings is 1. The van der Waals surface area contributed by atoms with Crippen molar-refractivity contribution >= 4 is 27.3 Å². The van der Waals surface area contributed by atoms with Crippen molar-refractivity contribution in [2.75, 3.05) is 31.3 Å². The Morgan fingerprint density at radius 1 is 1.38 bits per heavy atom. The Labute approximate surface area is 159 Å². The first kappa shape index (κ1) is 19.5. The van der Waals surface area contributed by atoms with Crippen molar-refractivity contribution in [3.8, 4) is 5.75 Å². The number of hydrogen-bond donors (Lipinski definition) is 0. The summed E-state index contributed by atoms with van der Waals surface area (Å²) in [5.41, 5.74) is 0.870. The van der Waals surface area contributed by atoms with E-state index in [1.54, 1.807) is 23.1 Å². The van der Waals surface area contributed by atoms with Gasteiger partial charge in [-0.05, 0) is 49.9 Å². The summed E-state index contributed by atoms with van der Waals surface area (Å²) in [6.07, 6.45) is 2.30. The third-order valence-corrected chi connectivity index (χ3v) is 7.06. The second-order valence-corrected chi connectivity index (χ2v) is 9.57. The lowest BCUT2D eigenvalue weighted by molar-refractivity contribution is -0.137. The van der Waals surface area contributed by atoms with Crippen LogP contribution in [0.2, 0.25) is 5.02 Å². The van der Waals surface area contributed by atoms with Crippen LogP contribution in [0.15, 0.2) is 18.2 Å². The number of ether oxygens (including phenoxy) is 2. The third kappa shape index (κ3) is 4.90. The topological polar surface area (TPSA) is 72.9 Å². The lowest BCUT2D eigenvalue weighted by Gasteiger charge is -2.30. The Balaban J connectivity index is 1.66. The van der Waals surface area contributed by atoms with E-state index in [9.17, 15) is 13.2 Å². The molecular formula is C18H24ClNO5S. The van der Waals surface area contributed by atoms with E-state index in [4.69, 9.17) is 21.1 Å². The van der Waals surface area contributed by atoms with Crippen molar-refractivity contribution in [1.29, 1.82) is 0 Å². The summed E-state index contributed by atoms with van der Waals surface area (Å²) in [5, 5.41) is 0.639. The molecule has 0 saturated carbocycles. The van der Waals surface area contributed by atoms with Gasteiger partial charge in [0.2, 0.25) is 0 Å². The maximum absolute atomic E-state index is 12.8. The molecule has 2 aliphatic heterocycles. The largest absolute Gasteiger partial charge is 0.484 e. The van der Waals surface area contributed by atoms with Gasteiger partial charge in [-0.3, -0.25) is 4.79 Å². The molecule has 1 aromatic rings. The van der Waals surface area contributed by atoms with E-state index in [-0.39, 0.29) is 36.2 Å². The van der Waals surface area contributed by atoms with Crippen LogP contribution in [0, 0.1) is 6.92 Å². The first-order valence-electron chi connectivity index (χ1n) is 8.84. The Kier molecular flexibility index (Phi) is 6.10. The molecule has 3 rings (SSSR count). The fourth-order valence-corrected chi connectivity index (χ4v) is 5.27. The highest BCUT2D eigenvalue weighted by atomic mass is 35.5. The van der Waals surface area contributed by atoms with Crippen molar-refractivity contribution in [2.24, 2.45) is 0 Å². The van der Waals surface area contributed by atoms with Crippen LogP contribution in [-0.4, -0.2) is 62.6 Å². The first-order valence-corrected chi connectivity index (χ1v) is 11.0. The van der Waals surface area contributed by atoms with Crippen LogP contribution in [0.5, 0.6) is 5.75 Å². The molecule has 26 heavy (non-hydrogen) atoms. The predicted octanol–water partition coefficient (Wildman–Crippen LogP) is 2.22. The lowest BCUT2D eigenvalue weighted by atomic mass is 10.1. The molecule has 0 bridgehead atoms. The van der Waals surface area contributed by atoms with Crippen LogP contribution in [0.3, 0.4) is 0 Å². The minimum absolute atomic E-state index is 0.0194. The van der Waals surface area contributed by atoms with Gasteiger partial charge < -0.3 is 14.4 Å². The second-order valence-electron chi connectivity index (χ2n) is 6.94. The maximum Gasteiger partial charge on any atom is 0.260 e. The van der Waals surface area contributed by atoms with Gasteiger partial charge in [0.15, 0.2) is 16.4 Å². The quantitative estimate of drug-likeness (QED) is 0.730. The number of carbonyl (C=O) groups excluding carboxylic acids is 1. The zero-order valence-electron chi connectivity index (χ0n) is 14.8. The van der Waals surface area contributed by atoms with Crippen molar-refractivity contribution in [3.63, 3.8) is 0 Å². The van der Waals surface area contributed by atoms with Crippen LogP contribution in [0.1, 0.15) is 24.8 Å². The van der Waals surface area contributed by atoms with E-state index in [0.717, 1.165) is 18.4 Å². The van der Waals surface area contributed by atoms with E-state index >= 15 is 0 Å². The minimum Gasteiger partial charge on any atom is -0.484 e. The first-order chi connectivity index (χ1) is 12.3. The molecule has 1 aromatic carbocycles. The number of amides is 1. The fraction of sp³-hybridized carbons (Fsp3) is 0.611. The van der Waals surface area contributed by atoms with Crippen LogP contribution in [-0.2, 0) is 19.4 Å². The molecule has 144 valence electrons. The molecule has 2 aliphatic rings. The Morgan fingerprint density at radius 3 is 2.81 bits per heavy atom. The summed E-state index contributed by atoms with van der Waals surface area (Å²) in [7, 11) is -3.08. The standard InChI is InChI=1S/C18H24ClNO5S/c1-13-9-15(4-5-17(13)19)25-11-18(21)20(10-16-3-2-7-24-16)14-6-8-26(22,23)12-14/h4-5,9,14,16H,2-3,6-8,10-12H2,1H3. The molecule has 2 unspecified atom stereocenters. The predicted molar refractivity (Wildman–Crippen MR) is 99.4 cm³/mol. The van der Waals surface area contributed by atoms with E-state index in [1.165, 1.54) is 0 Å². The van der Waals surface area contributed by atoms with Crippen LogP contribution >= 0.6 is 11.6 Å². The van der Waals surface area contributed by atoms with E-state index < -0.39 is 9.84 Å². The summed E-state index contributed by atoms with van der Waals surface area (Å²) in [6, 6.07) is 4.92. The summed E-state index contributed by atoms with van der Waals surface area (Å²) in [6.45, 7) is 2.84. The Hall–Kier alpha value is -1.31. The maximum atomic E-state index is 12.8. The molecule has 0 spiro atoms. The zero-order valence-corrected chi connectivity index (χ0v) is 16.4. The van der Waals surface area contributed by atoms with Gasteiger partial charge in [0.25, 0.3) is 5.91 Å². The normalized spacial score (nSPS) is 24.5.